The van der Waals surface area contributed by atoms with Crippen molar-refractivity contribution < 1.29 is 23.9 Å². The molecule has 1 aromatic rings. The number of rotatable bonds is 9. The van der Waals surface area contributed by atoms with Crippen LogP contribution in [0.1, 0.15) is 48.0 Å². The van der Waals surface area contributed by atoms with Gasteiger partial charge in [-0.1, -0.05) is 38.5 Å². The molecular weight excluding hydrogens is 400 g/mol. The second-order valence-corrected chi connectivity index (χ2v) is 8.37. The molecule has 9 heteroatoms. The van der Waals surface area contributed by atoms with Gasteiger partial charge in [0.25, 0.3) is 0 Å². The smallest absolute Gasteiger partial charge is 0.408 e. The number of anilines is 1. The molecule has 0 aliphatic rings. The van der Waals surface area contributed by atoms with E-state index in [0.29, 0.717) is 12.1 Å². The third kappa shape index (κ3) is 9.97. The van der Waals surface area contributed by atoms with Crippen LogP contribution in [-0.2, 0) is 19.1 Å². The summed E-state index contributed by atoms with van der Waals surface area (Å²) in [6.07, 6.45) is -0.0533. The lowest BCUT2D eigenvalue weighted by Gasteiger charge is -2.25. The predicted octanol–water partition coefficient (Wildman–Crippen LogP) is 2.19. The van der Waals surface area contributed by atoms with Crippen molar-refractivity contribution in [1.29, 1.82) is 0 Å². The van der Waals surface area contributed by atoms with E-state index in [1.165, 1.54) is 6.92 Å². The van der Waals surface area contributed by atoms with Crippen molar-refractivity contribution in [3.05, 3.63) is 30.3 Å². The average molecular weight is 435 g/mol. The first-order chi connectivity index (χ1) is 14.4. The largest absolute Gasteiger partial charge is 0.444 e. The molecule has 3 atom stereocenters. The van der Waals surface area contributed by atoms with Crippen LogP contribution in [-0.4, -0.2) is 48.0 Å². The van der Waals surface area contributed by atoms with Crippen LogP contribution in [0, 0.1) is 5.92 Å². The summed E-state index contributed by atoms with van der Waals surface area (Å²) in [5.74, 6) is -1.51. The number of para-hydroxylation sites is 1. The van der Waals surface area contributed by atoms with E-state index in [1.807, 2.05) is 19.9 Å². The molecule has 0 saturated heterocycles. The van der Waals surface area contributed by atoms with Gasteiger partial charge in [-0.2, -0.15) is 0 Å². The number of benzene rings is 1. The molecule has 0 fully saturated rings. The number of alkyl carbamates (subject to hydrolysis) is 1. The SMILES string of the molecule is CCC(C)[C@H](NC(=O)[C@H](C)NC(=O)CNC(=O)OC(C)(C)C)C(=O)Nc1ccccc1. The van der Waals surface area contributed by atoms with Crippen molar-refractivity contribution in [2.45, 2.75) is 65.6 Å². The molecule has 1 rings (SSSR count). The van der Waals surface area contributed by atoms with Gasteiger partial charge in [0.05, 0.1) is 0 Å². The summed E-state index contributed by atoms with van der Waals surface area (Å²) in [5.41, 5.74) is -0.0522. The molecule has 0 aliphatic heterocycles. The van der Waals surface area contributed by atoms with Crippen molar-refractivity contribution in [1.82, 2.24) is 16.0 Å². The van der Waals surface area contributed by atoms with Crippen LogP contribution in [0.25, 0.3) is 0 Å². The first kappa shape index (κ1) is 25.9. The highest BCUT2D eigenvalue weighted by Gasteiger charge is 2.28. The monoisotopic (exact) mass is 434 g/mol. The minimum Gasteiger partial charge on any atom is -0.444 e. The van der Waals surface area contributed by atoms with Crippen LogP contribution in [0.2, 0.25) is 0 Å². The number of hydrogen-bond acceptors (Lipinski definition) is 5. The second kappa shape index (κ2) is 11.9. The Morgan fingerprint density at radius 1 is 0.968 bits per heavy atom. The van der Waals surface area contributed by atoms with E-state index in [9.17, 15) is 19.2 Å². The molecule has 4 N–H and O–H groups in total. The summed E-state index contributed by atoms with van der Waals surface area (Å²) in [6, 6.07) is 7.29. The fraction of sp³-hybridized carbons (Fsp3) is 0.545. The average Bonchev–Trinajstić information content (AvgIpc) is 2.69. The van der Waals surface area contributed by atoms with Crippen LogP contribution < -0.4 is 21.3 Å². The van der Waals surface area contributed by atoms with Gasteiger partial charge in [-0.05, 0) is 45.7 Å². The zero-order valence-corrected chi connectivity index (χ0v) is 19.1. The van der Waals surface area contributed by atoms with Gasteiger partial charge in [-0.25, -0.2) is 4.79 Å². The normalized spacial score (nSPS) is 13.9. The molecule has 0 spiro atoms. The molecule has 0 saturated carbocycles. The van der Waals surface area contributed by atoms with Crippen molar-refractivity contribution in [3.63, 3.8) is 0 Å². The van der Waals surface area contributed by atoms with E-state index < -0.39 is 35.6 Å². The molecule has 9 nitrogen and oxygen atoms in total. The Balaban J connectivity index is 2.62. The molecule has 31 heavy (non-hydrogen) atoms. The number of nitrogens with one attached hydrogen (secondary N) is 4. The minimum absolute atomic E-state index is 0.121. The van der Waals surface area contributed by atoms with Crippen LogP contribution in [0.4, 0.5) is 10.5 Å². The van der Waals surface area contributed by atoms with Gasteiger partial charge in [0, 0.05) is 5.69 Å². The molecule has 0 bridgehead atoms. The maximum Gasteiger partial charge on any atom is 0.408 e. The molecule has 1 aromatic carbocycles. The maximum atomic E-state index is 12.7. The summed E-state index contributed by atoms with van der Waals surface area (Å²) in [5, 5.41) is 10.3. The molecule has 0 aromatic heterocycles. The van der Waals surface area contributed by atoms with Crippen molar-refractivity contribution in [3.8, 4) is 0 Å². The van der Waals surface area contributed by atoms with E-state index in [1.54, 1.807) is 45.0 Å². The van der Waals surface area contributed by atoms with Gasteiger partial charge in [-0.3, -0.25) is 14.4 Å². The van der Waals surface area contributed by atoms with E-state index >= 15 is 0 Å². The van der Waals surface area contributed by atoms with Crippen LogP contribution in [0.3, 0.4) is 0 Å². The van der Waals surface area contributed by atoms with Gasteiger partial charge in [0.2, 0.25) is 17.7 Å². The Morgan fingerprint density at radius 2 is 1.58 bits per heavy atom. The molecule has 1 unspecified atom stereocenters. The lowest BCUT2D eigenvalue weighted by Crippen LogP contribution is -2.54. The Kier molecular flexibility index (Phi) is 9.98. The van der Waals surface area contributed by atoms with Gasteiger partial charge in [0.15, 0.2) is 0 Å². The maximum absolute atomic E-state index is 12.7. The molecule has 172 valence electrons. The Bertz CT molecular complexity index is 761. The van der Waals surface area contributed by atoms with Crippen molar-refractivity contribution in [2.75, 3.05) is 11.9 Å². The fourth-order valence-corrected chi connectivity index (χ4v) is 2.55. The number of carbonyl (C=O) groups is 4. The Labute approximate surface area is 183 Å². The first-order valence-corrected chi connectivity index (χ1v) is 10.4. The van der Waals surface area contributed by atoms with Crippen LogP contribution in [0.15, 0.2) is 30.3 Å². The minimum atomic E-state index is -0.899. The van der Waals surface area contributed by atoms with E-state index in [4.69, 9.17) is 4.74 Å². The highest BCUT2D eigenvalue weighted by Crippen LogP contribution is 2.12. The molecule has 0 aliphatic carbocycles. The van der Waals surface area contributed by atoms with E-state index in [0.717, 1.165) is 0 Å². The zero-order chi connectivity index (χ0) is 23.6. The summed E-state index contributed by atoms with van der Waals surface area (Å²) in [6.45, 7) is 10.1. The number of ether oxygens (including phenoxy) is 1. The van der Waals surface area contributed by atoms with Gasteiger partial charge < -0.3 is 26.0 Å². The quantitative estimate of drug-likeness (QED) is 0.474. The molecule has 4 amide bonds. The Morgan fingerprint density at radius 3 is 2.13 bits per heavy atom. The van der Waals surface area contributed by atoms with E-state index in [-0.39, 0.29) is 18.4 Å². The molecular formula is C22H34N4O5. The standard InChI is InChI=1S/C22H34N4O5/c1-7-14(2)18(20(29)25-16-11-9-8-10-12-16)26-19(28)15(3)24-17(27)13-23-21(30)31-22(4,5)6/h8-12,14-15,18H,7,13H2,1-6H3,(H,23,30)(H,24,27)(H,25,29)(H,26,28)/t14?,15-,18-/m0/s1. The van der Waals surface area contributed by atoms with Crippen molar-refractivity contribution >= 4 is 29.5 Å². The Hall–Kier alpha value is -3.10. The number of amides is 4. The summed E-state index contributed by atoms with van der Waals surface area (Å²) in [7, 11) is 0. The van der Waals surface area contributed by atoms with Gasteiger partial charge in [0.1, 0.15) is 24.2 Å². The highest BCUT2D eigenvalue weighted by atomic mass is 16.6. The van der Waals surface area contributed by atoms with E-state index in [2.05, 4.69) is 21.3 Å². The third-order valence-corrected chi connectivity index (χ3v) is 4.40. The van der Waals surface area contributed by atoms with Crippen LogP contribution >= 0.6 is 0 Å². The lowest BCUT2D eigenvalue weighted by atomic mass is 9.97. The molecule has 0 radical (unpaired) electrons. The van der Waals surface area contributed by atoms with Gasteiger partial charge in [-0.15, -0.1) is 0 Å². The third-order valence-electron chi connectivity index (χ3n) is 4.40. The second-order valence-electron chi connectivity index (χ2n) is 8.37. The fourth-order valence-electron chi connectivity index (χ4n) is 2.55. The predicted molar refractivity (Wildman–Crippen MR) is 118 cm³/mol. The van der Waals surface area contributed by atoms with Crippen LogP contribution in [0.5, 0.6) is 0 Å². The number of carbonyl (C=O) groups excluding carboxylic acids is 4. The topological polar surface area (TPSA) is 126 Å². The zero-order valence-electron chi connectivity index (χ0n) is 19.1. The highest BCUT2D eigenvalue weighted by molar-refractivity contribution is 5.98. The number of hydrogen-bond donors (Lipinski definition) is 4. The lowest BCUT2D eigenvalue weighted by molar-refractivity contribution is -0.131. The summed E-state index contributed by atoms with van der Waals surface area (Å²) in [4.78, 5) is 48.9. The van der Waals surface area contributed by atoms with Crippen molar-refractivity contribution in [2.24, 2.45) is 5.92 Å². The molecule has 0 heterocycles. The summed E-state index contributed by atoms with van der Waals surface area (Å²) < 4.78 is 5.05. The van der Waals surface area contributed by atoms with Gasteiger partial charge >= 0.3 is 6.09 Å². The first-order valence-electron chi connectivity index (χ1n) is 10.4. The summed E-state index contributed by atoms with van der Waals surface area (Å²) >= 11 is 0.